The molecule has 4 aromatic rings. The van der Waals surface area contributed by atoms with Gasteiger partial charge < -0.3 is 24.1 Å². The smallest absolute Gasteiger partial charge is 0.432 e. The van der Waals surface area contributed by atoms with Crippen molar-refractivity contribution >= 4 is 0 Å². The van der Waals surface area contributed by atoms with Crippen LogP contribution >= 0.6 is 0 Å². The molecule has 0 radical (unpaired) electrons. The van der Waals surface area contributed by atoms with E-state index in [4.69, 9.17) is 9.47 Å². The second-order valence-electron chi connectivity index (χ2n) is 12.0. The zero-order valence-electron chi connectivity index (χ0n) is 27.4. The van der Waals surface area contributed by atoms with Crippen LogP contribution in [-0.4, -0.2) is 17.8 Å². The number of alkyl halides is 4. The van der Waals surface area contributed by atoms with Crippen LogP contribution in [0.3, 0.4) is 0 Å². The van der Waals surface area contributed by atoms with Gasteiger partial charge in [-0.3, -0.25) is 0 Å². The fourth-order valence-corrected chi connectivity index (χ4v) is 5.47. The highest BCUT2D eigenvalue weighted by Gasteiger charge is 2.43. The number of benzene rings is 4. The molecule has 3 atom stereocenters. The van der Waals surface area contributed by atoms with Crippen LogP contribution in [0.15, 0.2) is 60.9 Å². The minimum Gasteiger partial charge on any atom is -0.494 e. The first kappa shape index (κ1) is 43.7. The fraction of sp³-hybridized carbons (Fsp3) is 0.297. The van der Waals surface area contributed by atoms with E-state index in [1.54, 1.807) is 6.08 Å². The molecule has 0 spiro atoms. The van der Waals surface area contributed by atoms with Crippen molar-refractivity contribution in [1.29, 1.82) is 0 Å². The summed E-state index contributed by atoms with van der Waals surface area (Å²) < 4.78 is 211. The van der Waals surface area contributed by atoms with E-state index in [1.165, 1.54) is 6.26 Å². The van der Waals surface area contributed by atoms with Gasteiger partial charge in [-0.1, -0.05) is 7.43 Å². The number of allylic oxidation sites excluding steroid dienone is 1. The quantitative estimate of drug-likeness (QED) is 0.142. The summed E-state index contributed by atoms with van der Waals surface area (Å²) >= 11 is 0. The molecular formula is C37H28F14O5. The molecule has 2 aliphatic rings. The Labute approximate surface area is 308 Å². The maximum atomic E-state index is 14.3. The minimum absolute atomic E-state index is 0. The lowest BCUT2D eigenvalue weighted by atomic mass is 9.98. The Bertz CT molecular complexity index is 1980. The lowest BCUT2D eigenvalue weighted by Gasteiger charge is -2.27. The third-order valence-electron chi connectivity index (χ3n) is 8.05. The average molecular weight is 819 g/mol. The van der Waals surface area contributed by atoms with Gasteiger partial charge in [0.05, 0.1) is 25.1 Å². The Morgan fingerprint density at radius 3 is 1.27 bits per heavy atom. The molecule has 1 fully saturated rings. The molecule has 1 N–H and O–H groups in total. The van der Waals surface area contributed by atoms with Gasteiger partial charge in [0, 0.05) is 24.3 Å². The van der Waals surface area contributed by atoms with Gasteiger partial charge in [0.2, 0.25) is 0 Å². The van der Waals surface area contributed by atoms with E-state index in [-0.39, 0.29) is 55.8 Å². The van der Waals surface area contributed by atoms with Crippen molar-refractivity contribution in [2.45, 2.75) is 63.6 Å². The molecule has 0 aliphatic carbocycles. The summed E-state index contributed by atoms with van der Waals surface area (Å²) in [5.74, 6) is -19.9. The van der Waals surface area contributed by atoms with E-state index in [1.807, 2.05) is 0 Å². The first-order chi connectivity index (χ1) is 25.8. The van der Waals surface area contributed by atoms with Crippen molar-refractivity contribution in [2.24, 2.45) is 0 Å². The van der Waals surface area contributed by atoms with Crippen LogP contribution in [0, 0.1) is 58.2 Å². The number of hydrogen-bond acceptors (Lipinski definition) is 5. The summed E-state index contributed by atoms with van der Waals surface area (Å²) in [6, 6.07) is 3.12. The van der Waals surface area contributed by atoms with Crippen LogP contribution in [-0.2, 0) is 21.7 Å². The summed E-state index contributed by atoms with van der Waals surface area (Å²) in [4.78, 5) is 0. The molecule has 0 bridgehead atoms. The Morgan fingerprint density at radius 2 is 0.929 bits per heavy atom. The number of aliphatic hydroxyl groups is 1. The van der Waals surface area contributed by atoms with Gasteiger partial charge in [0.25, 0.3) is 0 Å². The van der Waals surface area contributed by atoms with Crippen molar-refractivity contribution in [3.05, 3.63) is 141 Å². The standard InChI is InChI=1S/C18H13F7O3.C18H11F7O2.CH4/c19-11-3-8(15-2-1-9(26)7-27-15)4-12(20)16(11)18(24,25)28-10-5-13(21)17(23)14(22)6-10;19-11-5-9(15-3-1-2-4-26-15)6-12(20)16(11)18(24,25)27-10-7-13(21)17(23)14(22)8-10;/h3-6,9,15,26H,1-2,7H2;2,4-8,15H,1,3H2;1H4. The summed E-state index contributed by atoms with van der Waals surface area (Å²) in [5.41, 5.74) is -3.58. The van der Waals surface area contributed by atoms with Crippen molar-refractivity contribution in [2.75, 3.05) is 6.61 Å². The van der Waals surface area contributed by atoms with Crippen LogP contribution in [0.4, 0.5) is 61.5 Å². The molecule has 3 unspecified atom stereocenters. The molecule has 5 nitrogen and oxygen atoms in total. The first-order valence-electron chi connectivity index (χ1n) is 15.8. The summed E-state index contributed by atoms with van der Waals surface area (Å²) in [6.07, 6.45) is -6.94. The van der Waals surface area contributed by atoms with Gasteiger partial charge in [0.15, 0.2) is 34.9 Å². The number of rotatable bonds is 8. The summed E-state index contributed by atoms with van der Waals surface area (Å²) in [7, 11) is 0. The van der Waals surface area contributed by atoms with E-state index in [2.05, 4.69) is 9.47 Å². The van der Waals surface area contributed by atoms with Gasteiger partial charge in [-0.25, -0.2) is 43.9 Å². The van der Waals surface area contributed by atoms with E-state index in [0.29, 0.717) is 43.5 Å². The van der Waals surface area contributed by atoms with Crippen LogP contribution < -0.4 is 9.47 Å². The highest BCUT2D eigenvalue weighted by atomic mass is 19.3. The number of hydrogen-bond donors (Lipinski definition) is 1. The van der Waals surface area contributed by atoms with Crippen molar-refractivity contribution < 1.29 is 85.5 Å². The zero-order valence-corrected chi connectivity index (χ0v) is 27.4. The Kier molecular flexibility index (Phi) is 13.6. The Balaban J connectivity index is 0.000000244. The lowest BCUT2D eigenvalue weighted by Crippen LogP contribution is -2.27. The fourth-order valence-electron chi connectivity index (χ4n) is 5.47. The minimum atomic E-state index is -4.65. The van der Waals surface area contributed by atoms with E-state index in [9.17, 15) is 66.6 Å². The third kappa shape index (κ3) is 9.84. The predicted octanol–water partition coefficient (Wildman–Crippen LogP) is 11.2. The van der Waals surface area contributed by atoms with Gasteiger partial charge in [-0.2, -0.15) is 17.6 Å². The van der Waals surface area contributed by atoms with Crippen molar-refractivity contribution in [3.63, 3.8) is 0 Å². The highest BCUT2D eigenvalue weighted by molar-refractivity contribution is 5.34. The second kappa shape index (κ2) is 17.4. The maximum absolute atomic E-state index is 14.3. The molecule has 4 aromatic carbocycles. The van der Waals surface area contributed by atoms with Crippen LogP contribution in [0.2, 0.25) is 0 Å². The average Bonchev–Trinajstić information content (AvgIpc) is 3.09. The van der Waals surface area contributed by atoms with Gasteiger partial charge in [-0.15, -0.1) is 0 Å². The molecule has 0 amide bonds. The summed E-state index contributed by atoms with van der Waals surface area (Å²) in [6.45, 7) is -0.0728. The Morgan fingerprint density at radius 1 is 0.536 bits per heavy atom. The Hall–Kier alpha value is -5.04. The van der Waals surface area contributed by atoms with Crippen molar-refractivity contribution in [1.82, 2.24) is 0 Å². The molecule has 6 rings (SSSR count). The predicted molar refractivity (Wildman–Crippen MR) is 167 cm³/mol. The van der Waals surface area contributed by atoms with Gasteiger partial charge in [0.1, 0.15) is 52.0 Å². The molecule has 304 valence electrons. The third-order valence-corrected chi connectivity index (χ3v) is 8.05. The molecule has 0 saturated carbocycles. The highest BCUT2D eigenvalue weighted by Crippen LogP contribution is 2.40. The molecular weight excluding hydrogens is 790 g/mol. The monoisotopic (exact) mass is 818 g/mol. The van der Waals surface area contributed by atoms with E-state index < -0.39 is 111 Å². The van der Waals surface area contributed by atoms with Crippen LogP contribution in [0.1, 0.15) is 67.6 Å². The zero-order chi connectivity index (χ0) is 40.4. The molecule has 1 saturated heterocycles. The van der Waals surface area contributed by atoms with E-state index >= 15 is 0 Å². The first-order valence-corrected chi connectivity index (χ1v) is 15.8. The number of halogens is 14. The summed E-state index contributed by atoms with van der Waals surface area (Å²) in [5, 5.41) is 9.36. The largest absolute Gasteiger partial charge is 0.494 e. The maximum Gasteiger partial charge on any atom is 0.432 e. The molecule has 2 aliphatic heterocycles. The number of ether oxygens (including phenoxy) is 4. The second-order valence-corrected chi connectivity index (χ2v) is 12.0. The normalized spacial score (nSPS) is 18.3. The molecule has 2 heterocycles. The van der Waals surface area contributed by atoms with Crippen molar-refractivity contribution in [3.8, 4) is 11.5 Å². The number of aliphatic hydroxyl groups excluding tert-OH is 1. The van der Waals surface area contributed by atoms with E-state index in [0.717, 1.165) is 0 Å². The SMILES string of the molecule is C.Fc1cc(OC(F)(F)c2c(F)cc(C3CCC=CO3)cc2F)cc(F)c1F.OC1CCC(c2cc(F)c(C(F)(F)Oc3cc(F)c(F)c(F)c3)c(F)c2)OC1. The lowest BCUT2D eigenvalue weighted by molar-refractivity contribution is -0.190. The van der Waals surface area contributed by atoms with Crippen LogP contribution in [0.25, 0.3) is 0 Å². The molecule has 19 heteroatoms. The topological polar surface area (TPSA) is 57.2 Å². The molecule has 56 heavy (non-hydrogen) atoms. The molecule has 0 aromatic heterocycles. The van der Waals surface area contributed by atoms with Gasteiger partial charge in [-0.05, 0) is 67.2 Å². The van der Waals surface area contributed by atoms with Gasteiger partial charge >= 0.3 is 12.2 Å². The van der Waals surface area contributed by atoms with Crippen LogP contribution in [0.5, 0.6) is 11.5 Å².